The zero-order chi connectivity index (χ0) is 13.8. The molecule has 0 unspecified atom stereocenters. The van der Waals surface area contributed by atoms with Gasteiger partial charge in [-0.1, -0.05) is 0 Å². The zero-order valence-corrected chi connectivity index (χ0v) is 12.3. The molecular formula is C14H14BrN3O. The van der Waals surface area contributed by atoms with Gasteiger partial charge >= 0.3 is 0 Å². The number of aromatic nitrogens is 1. The minimum atomic E-state index is -0.169. The molecule has 1 aromatic carbocycles. The largest absolute Gasteiger partial charge is 0.378 e. The summed E-state index contributed by atoms with van der Waals surface area (Å²) < 4.78 is 0.708. The number of pyridine rings is 1. The number of carbonyl (C=O) groups excluding carboxylic acids is 1. The van der Waals surface area contributed by atoms with Crippen molar-refractivity contribution in [3.8, 4) is 0 Å². The molecule has 0 saturated heterocycles. The van der Waals surface area contributed by atoms with Crippen LogP contribution in [0.5, 0.6) is 0 Å². The summed E-state index contributed by atoms with van der Waals surface area (Å²) in [5.41, 5.74) is 2.38. The first kappa shape index (κ1) is 13.5. The third kappa shape index (κ3) is 3.54. The van der Waals surface area contributed by atoms with E-state index < -0.39 is 0 Å². The number of benzene rings is 1. The van der Waals surface area contributed by atoms with Crippen LogP contribution in [0.1, 0.15) is 10.4 Å². The molecule has 1 aromatic heterocycles. The number of nitrogens with one attached hydrogen (secondary N) is 1. The lowest BCUT2D eigenvalue weighted by atomic mass is 10.2. The lowest BCUT2D eigenvalue weighted by Crippen LogP contribution is -2.12. The first-order chi connectivity index (χ1) is 9.06. The highest BCUT2D eigenvalue weighted by Crippen LogP contribution is 2.16. The summed E-state index contributed by atoms with van der Waals surface area (Å²) in [5.74, 6) is -0.169. The van der Waals surface area contributed by atoms with Crippen LogP contribution >= 0.6 is 15.9 Å². The molecule has 0 aliphatic carbocycles. The van der Waals surface area contributed by atoms with E-state index in [1.165, 1.54) is 6.20 Å². The number of nitrogens with zero attached hydrogens (tertiary/aromatic N) is 2. The van der Waals surface area contributed by atoms with Crippen LogP contribution in [-0.2, 0) is 0 Å². The molecule has 2 rings (SSSR count). The molecule has 1 amide bonds. The van der Waals surface area contributed by atoms with Gasteiger partial charge in [-0.25, -0.2) is 4.98 Å². The lowest BCUT2D eigenvalue weighted by molar-refractivity contribution is 0.102. The smallest absolute Gasteiger partial charge is 0.257 e. The van der Waals surface area contributed by atoms with Crippen LogP contribution in [0.2, 0.25) is 0 Å². The first-order valence-electron chi connectivity index (χ1n) is 5.76. The van der Waals surface area contributed by atoms with Gasteiger partial charge in [0.05, 0.1) is 5.56 Å². The second kappa shape index (κ2) is 5.84. The predicted molar refractivity (Wildman–Crippen MR) is 80.7 cm³/mol. The molecule has 0 aliphatic heterocycles. The molecule has 0 saturated carbocycles. The van der Waals surface area contributed by atoms with E-state index in [-0.39, 0.29) is 5.91 Å². The number of hydrogen-bond acceptors (Lipinski definition) is 3. The maximum absolute atomic E-state index is 12.0. The van der Waals surface area contributed by atoms with Gasteiger partial charge in [-0.2, -0.15) is 0 Å². The molecule has 0 atom stereocenters. The topological polar surface area (TPSA) is 45.2 Å². The minimum Gasteiger partial charge on any atom is -0.378 e. The van der Waals surface area contributed by atoms with E-state index in [0.29, 0.717) is 10.2 Å². The van der Waals surface area contributed by atoms with Crippen molar-refractivity contribution in [3.63, 3.8) is 0 Å². The summed E-state index contributed by atoms with van der Waals surface area (Å²) in [6.07, 6.45) is 1.54. The van der Waals surface area contributed by atoms with Crippen molar-refractivity contribution >= 4 is 33.2 Å². The highest BCUT2D eigenvalue weighted by Gasteiger charge is 2.06. The molecular weight excluding hydrogens is 306 g/mol. The van der Waals surface area contributed by atoms with E-state index in [9.17, 15) is 4.79 Å². The number of halogens is 1. The van der Waals surface area contributed by atoms with Crippen molar-refractivity contribution in [2.24, 2.45) is 0 Å². The first-order valence-corrected chi connectivity index (χ1v) is 6.56. The van der Waals surface area contributed by atoms with Crippen molar-refractivity contribution in [1.82, 2.24) is 4.98 Å². The van der Waals surface area contributed by atoms with Gasteiger partial charge < -0.3 is 10.2 Å². The van der Waals surface area contributed by atoms with Gasteiger partial charge in [0, 0.05) is 31.7 Å². The fraction of sp³-hybridized carbons (Fsp3) is 0.143. The molecule has 0 spiro atoms. The monoisotopic (exact) mass is 319 g/mol. The molecule has 0 radical (unpaired) electrons. The number of anilines is 2. The quantitative estimate of drug-likeness (QED) is 0.884. The maximum Gasteiger partial charge on any atom is 0.257 e. The van der Waals surface area contributed by atoms with Crippen LogP contribution < -0.4 is 10.2 Å². The number of hydrogen-bond donors (Lipinski definition) is 1. The van der Waals surface area contributed by atoms with Crippen LogP contribution in [0.15, 0.2) is 47.2 Å². The molecule has 4 nitrogen and oxygen atoms in total. The van der Waals surface area contributed by atoms with Crippen molar-refractivity contribution < 1.29 is 4.79 Å². The normalized spacial score (nSPS) is 10.1. The number of carbonyl (C=O) groups is 1. The Labute approximate surface area is 120 Å². The number of rotatable bonds is 3. The second-order valence-electron chi connectivity index (χ2n) is 4.27. The molecule has 5 heteroatoms. The molecule has 98 valence electrons. The summed E-state index contributed by atoms with van der Waals surface area (Å²) in [6, 6.07) is 11.1. The Morgan fingerprint density at radius 1 is 1.16 bits per heavy atom. The van der Waals surface area contributed by atoms with Gasteiger partial charge in [-0.3, -0.25) is 4.79 Å². The van der Waals surface area contributed by atoms with Gasteiger partial charge in [-0.15, -0.1) is 0 Å². The Balaban J connectivity index is 2.08. The van der Waals surface area contributed by atoms with E-state index >= 15 is 0 Å². The molecule has 1 N–H and O–H groups in total. The Kier molecular flexibility index (Phi) is 4.16. The molecule has 19 heavy (non-hydrogen) atoms. The van der Waals surface area contributed by atoms with Crippen LogP contribution in [0.25, 0.3) is 0 Å². The summed E-state index contributed by atoms with van der Waals surface area (Å²) >= 11 is 3.24. The van der Waals surface area contributed by atoms with Crippen LogP contribution in [-0.4, -0.2) is 25.0 Å². The molecule has 1 heterocycles. The van der Waals surface area contributed by atoms with Crippen LogP contribution in [0.4, 0.5) is 11.4 Å². The van der Waals surface area contributed by atoms with Crippen LogP contribution in [0, 0.1) is 0 Å². The third-order valence-electron chi connectivity index (χ3n) is 2.63. The Hall–Kier alpha value is -1.88. The molecule has 0 aliphatic rings. The van der Waals surface area contributed by atoms with Crippen molar-refractivity contribution in [1.29, 1.82) is 0 Å². The van der Waals surface area contributed by atoms with Crippen molar-refractivity contribution in [3.05, 3.63) is 52.8 Å². The summed E-state index contributed by atoms with van der Waals surface area (Å²) in [6.45, 7) is 0. The standard InChI is InChI=1S/C14H14BrN3O/c1-18(2)12-6-4-11(5-7-12)17-14(19)10-3-8-13(15)16-9-10/h3-9H,1-2H3,(H,17,19). The highest BCUT2D eigenvalue weighted by molar-refractivity contribution is 9.10. The number of amides is 1. The fourth-order valence-electron chi connectivity index (χ4n) is 1.56. The summed E-state index contributed by atoms with van der Waals surface area (Å²) in [4.78, 5) is 18.0. The summed E-state index contributed by atoms with van der Waals surface area (Å²) in [7, 11) is 3.95. The Morgan fingerprint density at radius 2 is 1.84 bits per heavy atom. The van der Waals surface area contributed by atoms with Gasteiger partial charge in [-0.05, 0) is 52.3 Å². The third-order valence-corrected chi connectivity index (χ3v) is 3.10. The second-order valence-corrected chi connectivity index (χ2v) is 5.08. The SMILES string of the molecule is CN(C)c1ccc(NC(=O)c2ccc(Br)nc2)cc1. The van der Waals surface area contributed by atoms with Crippen molar-refractivity contribution in [2.45, 2.75) is 0 Å². The predicted octanol–water partition coefficient (Wildman–Crippen LogP) is 3.16. The van der Waals surface area contributed by atoms with E-state index in [0.717, 1.165) is 11.4 Å². The average Bonchev–Trinajstić information content (AvgIpc) is 2.40. The summed E-state index contributed by atoms with van der Waals surface area (Å²) in [5, 5.41) is 2.83. The van der Waals surface area contributed by atoms with Gasteiger partial charge in [0.2, 0.25) is 0 Å². The average molecular weight is 320 g/mol. The molecule has 2 aromatic rings. The minimum absolute atomic E-state index is 0.169. The Morgan fingerprint density at radius 3 is 2.37 bits per heavy atom. The van der Waals surface area contributed by atoms with Crippen LogP contribution in [0.3, 0.4) is 0 Å². The molecule has 0 fully saturated rings. The van der Waals surface area contributed by atoms with E-state index in [1.807, 2.05) is 43.3 Å². The zero-order valence-electron chi connectivity index (χ0n) is 10.7. The highest BCUT2D eigenvalue weighted by atomic mass is 79.9. The van der Waals surface area contributed by atoms with E-state index in [1.54, 1.807) is 12.1 Å². The lowest BCUT2D eigenvalue weighted by Gasteiger charge is -2.13. The van der Waals surface area contributed by atoms with E-state index in [4.69, 9.17) is 0 Å². The molecule has 0 bridgehead atoms. The van der Waals surface area contributed by atoms with Crippen molar-refractivity contribution in [2.75, 3.05) is 24.3 Å². The van der Waals surface area contributed by atoms with Gasteiger partial charge in [0.1, 0.15) is 4.60 Å². The van der Waals surface area contributed by atoms with Gasteiger partial charge in [0.25, 0.3) is 5.91 Å². The Bertz CT molecular complexity index is 564. The van der Waals surface area contributed by atoms with Gasteiger partial charge in [0.15, 0.2) is 0 Å². The maximum atomic E-state index is 12.0. The van der Waals surface area contributed by atoms with E-state index in [2.05, 4.69) is 26.2 Å². The fourth-order valence-corrected chi connectivity index (χ4v) is 1.79.